The first kappa shape index (κ1) is 23.1. The summed E-state index contributed by atoms with van der Waals surface area (Å²) in [5, 5.41) is 4.21. The lowest BCUT2D eigenvalue weighted by Gasteiger charge is -2.26. The van der Waals surface area contributed by atoms with Crippen LogP contribution in [0.4, 0.5) is 0 Å². The highest BCUT2D eigenvalue weighted by molar-refractivity contribution is 7.89. The van der Waals surface area contributed by atoms with E-state index in [2.05, 4.69) is 5.10 Å². The Morgan fingerprint density at radius 2 is 1.41 bits per heavy atom. The van der Waals surface area contributed by atoms with Crippen LogP contribution in [0.3, 0.4) is 0 Å². The molecule has 2 aliphatic rings. The zero-order chi connectivity index (χ0) is 23.1. The molecule has 32 heavy (non-hydrogen) atoms. The van der Waals surface area contributed by atoms with E-state index in [9.17, 15) is 21.6 Å². The van der Waals surface area contributed by atoms with Crippen LogP contribution in [0.2, 0.25) is 0 Å². The smallest absolute Gasteiger partial charge is 0.267 e. The van der Waals surface area contributed by atoms with E-state index in [0.29, 0.717) is 26.2 Å². The molecular formula is C21H28N4O5S2. The second-order valence-electron chi connectivity index (χ2n) is 8.32. The molecular weight excluding hydrogens is 452 g/mol. The van der Waals surface area contributed by atoms with Crippen LogP contribution in [0, 0.1) is 13.8 Å². The molecule has 3 heterocycles. The predicted molar refractivity (Wildman–Crippen MR) is 118 cm³/mol. The van der Waals surface area contributed by atoms with Crippen LogP contribution in [-0.4, -0.2) is 67.3 Å². The number of aryl methyl sites for hydroxylation is 1. The Hall–Kier alpha value is -2.08. The third-order valence-electron chi connectivity index (χ3n) is 6.11. The number of sulfonamides is 2. The molecule has 0 atom stereocenters. The van der Waals surface area contributed by atoms with Gasteiger partial charge in [0.1, 0.15) is 4.90 Å². The Balaban J connectivity index is 1.68. The van der Waals surface area contributed by atoms with E-state index in [0.717, 1.165) is 36.8 Å². The summed E-state index contributed by atoms with van der Waals surface area (Å²) < 4.78 is 56.1. The molecule has 2 fully saturated rings. The third kappa shape index (κ3) is 4.02. The number of hydrogen-bond acceptors (Lipinski definition) is 6. The zero-order valence-electron chi connectivity index (χ0n) is 18.3. The van der Waals surface area contributed by atoms with E-state index >= 15 is 0 Å². The standard InChI is InChI=1S/C21H28N4O5S2/c1-16-20(32(29,30)24-13-6-7-14-24)17(2)25(22-16)21(26)18-9-8-10-19(15-18)31(27,28)23-11-4-3-5-12-23/h8-10,15H,3-7,11-14H2,1-2H3. The van der Waals surface area contributed by atoms with Gasteiger partial charge in [0, 0.05) is 31.7 Å². The van der Waals surface area contributed by atoms with Crippen molar-refractivity contribution >= 4 is 26.0 Å². The summed E-state index contributed by atoms with van der Waals surface area (Å²) in [6.45, 7) is 4.96. The first-order chi connectivity index (χ1) is 15.1. The Labute approximate surface area is 189 Å². The fourth-order valence-electron chi connectivity index (χ4n) is 4.42. The van der Waals surface area contributed by atoms with Crippen molar-refractivity contribution in [3.05, 3.63) is 41.2 Å². The SMILES string of the molecule is Cc1nn(C(=O)c2cccc(S(=O)(=O)N3CCCCC3)c2)c(C)c1S(=O)(=O)N1CCCC1. The highest BCUT2D eigenvalue weighted by Gasteiger charge is 2.34. The molecule has 1 aromatic carbocycles. The maximum Gasteiger partial charge on any atom is 0.278 e. The number of hydrogen-bond donors (Lipinski definition) is 0. The second-order valence-corrected chi connectivity index (χ2v) is 12.1. The Kier molecular flexibility index (Phi) is 6.27. The normalized spacial score (nSPS) is 18.8. The Bertz CT molecular complexity index is 1240. The van der Waals surface area contributed by atoms with Gasteiger partial charge >= 0.3 is 0 Å². The van der Waals surface area contributed by atoms with Gasteiger partial charge in [-0.05, 0) is 57.7 Å². The van der Waals surface area contributed by atoms with Crippen molar-refractivity contribution in [2.75, 3.05) is 26.2 Å². The van der Waals surface area contributed by atoms with Gasteiger partial charge in [-0.3, -0.25) is 4.79 Å². The molecule has 174 valence electrons. The topological polar surface area (TPSA) is 110 Å². The van der Waals surface area contributed by atoms with Crippen molar-refractivity contribution in [3.63, 3.8) is 0 Å². The molecule has 0 spiro atoms. The van der Waals surface area contributed by atoms with E-state index in [1.165, 1.54) is 32.9 Å². The summed E-state index contributed by atoms with van der Waals surface area (Å²) in [4.78, 5) is 13.3. The number of carbonyl (C=O) groups is 1. The van der Waals surface area contributed by atoms with E-state index in [4.69, 9.17) is 0 Å². The van der Waals surface area contributed by atoms with Crippen LogP contribution >= 0.6 is 0 Å². The summed E-state index contributed by atoms with van der Waals surface area (Å²) in [6, 6.07) is 5.86. The van der Waals surface area contributed by atoms with Gasteiger partial charge in [-0.1, -0.05) is 12.5 Å². The van der Waals surface area contributed by atoms with Crippen molar-refractivity contribution in [3.8, 4) is 0 Å². The second kappa shape index (κ2) is 8.69. The van der Waals surface area contributed by atoms with Crippen LogP contribution in [0.5, 0.6) is 0 Å². The van der Waals surface area contributed by atoms with Gasteiger partial charge in [0.15, 0.2) is 0 Å². The van der Waals surface area contributed by atoms with Crippen LogP contribution in [-0.2, 0) is 20.0 Å². The Morgan fingerprint density at radius 3 is 2.03 bits per heavy atom. The van der Waals surface area contributed by atoms with Gasteiger partial charge in [-0.25, -0.2) is 16.8 Å². The number of aromatic nitrogens is 2. The molecule has 2 aromatic rings. The molecule has 2 saturated heterocycles. The fraction of sp³-hybridized carbons (Fsp3) is 0.524. The van der Waals surface area contributed by atoms with Crippen molar-refractivity contribution in [2.24, 2.45) is 0 Å². The van der Waals surface area contributed by atoms with Gasteiger partial charge < -0.3 is 0 Å². The van der Waals surface area contributed by atoms with E-state index in [-0.39, 0.29) is 26.7 Å². The quantitative estimate of drug-likeness (QED) is 0.649. The number of carbonyl (C=O) groups excluding carboxylic acids is 1. The molecule has 9 nitrogen and oxygen atoms in total. The number of rotatable bonds is 5. The first-order valence-electron chi connectivity index (χ1n) is 10.9. The molecule has 0 amide bonds. The van der Waals surface area contributed by atoms with Crippen molar-refractivity contribution < 1.29 is 21.6 Å². The molecule has 0 bridgehead atoms. The third-order valence-corrected chi connectivity index (χ3v) is 10.2. The van der Waals surface area contributed by atoms with Crippen LogP contribution < -0.4 is 0 Å². The summed E-state index contributed by atoms with van der Waals surface area (Å²) >= 11 is 0. The average Bonchev–Trinajstić information content (AvgIpc) is 3.43. The highest BCUT2D eigenvalue weighted by Crippen LogP contribution is 2.27. The van der Waals surface area contributed by atoms with Crippen molar-refractivity contribution in [1.82, 2.24) is 18.4 Å². The molecule has 1 aromatic heterocycles. The predicted octanol–water partition coefficient (Wildman–Crippen LogP) is 2.15. The number of piperidine rings is 1. The van der Waals surface area contributed by atoms with Gasteiger partial charge in [0.05, 0.1) is 16.3 Å². The van der Waals surface area contributed by atoms with Crippen LogP contribution in [0.1, 0.15) is 53.8 Å². The zero-order valence-corrected chi connectivity index (χ0v) is 20.0. The summed E-state index contributed by atoms with van der Waals surface area (Å²) in [6.07, 6.45) is 4.26. The minimum Gasteiger partial charge on any atom is -0.267 e. The summed E-state index contributed by atoms with van der Waals surface area (Å²) in [7, 11) is -7.44. The van der Waals surface area contributed by atoms with E-state index < -0.39 is 26.0 Å². The Morgan fingerprint density at radius 1 is 0.844 bits per heavy atom. The molecule has 0 N–H and O–H groups in total. The minimum absolute atomic E-state index is 0.0462. The van der Waals surface area contributed by atoms with Gasteiger partial charge in [-0.15, -0.1) is 0 Å². The molecule has 11 heteroatoms. The number of nitrogens with zero attached hydrogens (tertiary/aromatic N) is 4. The maximum absolute atomic E-state index is 13.2. The van der Waals surface area contributed by atoms with Gasteiger partial charge in [-0.2, -0.15) is 18.4 Å². The van der Waals surface area contributed by atoms with E-state index in [1.807, 2.05) is 0 Å². The van der Waals surface area contributed by atoms with Crippen LogP contribution in [0.15, 0.2) is 34.1 Å². The van der Waals surface area contributed by atoms with E-state index in [1.54, 1.807) is 13.8 Å². The molecule has 2 aliphatic heterocycles. The largest absolute Gasteiger partial charge is 0.278 e. The van der Waals surface area contributed by atoms with Crippen molar-refractivity contribution in [1.29, 1.82) is 0 Å². The molecule has 0 radical (unpaired) electrons. The minimum atomic E-state index is -3.75. The summed E-state index contributed by atoms with van der Waals surface area (Å²) in [5.74, 6) is -0.566. The lowest BCUT2D eigenvalue weighted by molar-refractivity contribution is 0.0942. The first-order valence-corrected chi connectivity index (χ1v) is 13.7. The lowest BCUT2D eigenvalue weighted by atomic mass is 10.2. The molecule has 0 saturated carbocycles. The van der Waals surface area contributed by atoms with Crippen molar-refractivity contribution in [2.45, 2.75) is 55.7 Å². The maximum atomic E-state index is 13.2. The molecule has 4 rings (SSSR count). The monoisotopic (exact) mass is 480 g/mol. The number of benzene rings is 1. The summed E-state index contributed by atoms with van der Waals surface area (Å²) in [5.41, 5.74) is 0.613. The molecule has 0 unspecified atom stereocenters. The van der Waals surface area contributed by atoms with Gasteiger partial charge in [0.25, 0.3) is 5.91 Å². The van der Waals surface area contributed by atoms with Gasteiger partial charge in [0.2, 0.25) is 20.0 Å². The average molecular weight is 481 g/mol. The molecule has 0 aliphatic carbocycles. The van der Waals surface area contributed by atoms with Crippen LogP contribution in [0.25, 0.3) is 0 Å². The lowest BCUT2D eigenvalue weighted by Crippen LogP contribution is -2.35. The highest BCUT2D eigenvalue weighted by atomic mass is 32.2. The fourth-order valence-corrected chi connectivity index (χ4v) is 7.86.